The first-order chi connectivity index (χ1) is 4.52. The van der Waals surface area contributed by atoms with Crippen molar-refractivity contribution in [2.45, 2.75) is 0 Å². The first-order valence-electron chi connectivity index (χ1n) is 1.88. The second kappa shape index (κ2) is 18.0. The number of carbonyl (C=O) groups is 3. The second-order valence-electron chi connectivity index (χ2n) is 0.986. The molecule has 0 spiro atoms. The van der Waals surface area contributed by atoms with E-state index in [0.29, 0.717) is 0 Å². The molecule has 0 amide bonds. The molecule has 0 aliphatic heterocycles. The molecule has 11 heteroatoms. The summed E-state index contributed by atoms with van der Waals surface area (Å²) in [6.07, 6.45) is -5.64. The minimum Gasteiger partial charge on any atom is -0.449 e. The molecule has 0 unspecified atom stereocenters. The standard InChI is InChI=1S/C3H2O7.2Sc.2Th/c4-1(5)9-3(8)10-2(6)7;;;;/h(H,4,5)(H,6,7);;;;. The SMILES string of the molecule is O=C(O)OC(=O)OC(=O)O.[Sc].[Sc].[Th].[Th]. The number of carboxylic acid groups (broad SMARTS) is 2. The Bertz CT molecular complexity index is 168. The minimum absolute atomic E-state index is 0. The maximum Gasteiger partial charge on any atom is 0.528 e. The van der Waals surface area contributed by atoms with Crippen LogP contribution in [0.15, 0.2) is 0 Å². The summed E-state index contributed by atoms with van der Waals surface area (Å²) in [6, 6.07) is 0. The van der Waals surface area contributed by atoms with E-state index in [9.17, 15) is 14.4 Å². The molecule has 0 fully saturated rings. The van der Waals surface area contributed by atoms with Crippen molar-refractivity contribution >= 4 is 18.5 Å². The quantitative estimate of drug-likeness (QED) is 0.280. The van der Waals surface area contributed by atoms with Gasteiger partial charge >= 0.3 is 18.5 Å². The van der Waals surface area contributed by atoms with Gasteiger partial charge in [0, 0.05) is 132 Å². The molecule has 70 valence electrons. The zero-order valence-corrected chi connectivity index (χ0v) is 18.4. The number of hydrogen-bond acceptors (Lipinski definition) is 5. The Morgan fingerprint density at radius 3 is 1.14 bits per heavy atom. The molecule has 0 aliphatic rings. The van der Waals surface area contributed by atoms with Crippen molar-refractivity contribution in [3.8, 4) is 0 Å². The molecule has 0 heterocycles. The Morgan fingerprint density at radius 2 is 1.00 bits per heavy atom. The third-order valence-corrected chi connectivity index (χ3v) is 0.341. The van der Waals surface area contributed by atoms with E-state index in [4.69, 9.17) is 10.2 Å². The van der Waals surface area contributed by atoms with Gasteiger partial charge in [-0.3, -0.25) is 0 Å². The molecule has 14 heavy (non-hydrogen) atoms. The molecule has 0 saturated heterocycles. The molecule has 0 saturated carbocycles. The Hall–Kier alpha value is 2.60. The van der Waals surface area contributed by atoms with Crippen molar-refractivity contribution in [2.75, 3.05) is 0 Å². The monoisotopic (exact) mass is 704 g/mol. The number of carbonyl (C=O) groups excluding carboxylic acids is 1. The summed E-state index contributed by atoms with van der Waals surface area (Å²) in [5.41, 5.74) is 0. The molecule has 0 aromatic heterocycles. The van der Waals surface area contributed by atoms with E-state index < -0.39 is 18.5 Å². The third kappa shape index (κ3) is 24.0. The molecule has 2 radical (unpaired) electrons. The van der Waals surface area contributed by atoms with Crippen LogP contribution in [-0.2, 0) is 61.2 Å². The molecule has 0 aromatic carbocycles. The Labute approximate surface area is 180 Å². The Kier molecular flexibility index (Phi) is 38.6. The molecule has 0 aliphatic carbocycles. The van der Waals surface area contributed by atoms with Crippen LogP contribution in [0.25, 0.3) is 0 Å². The fraction of sp³-hybridized carbons (Fsp3) is 0. The van der Waals surface area contributed by atoms with Crippen LogP contribution >= 0.6 is 0 Å². The summed E-state index contributed by atoms with van der Waals surface area (Å²) in [6.45, 7) is 0. The Morgan fingerprint density at radius 1 is 0.786 bits per heavy atom. The zero-order valence-electron chi connectivity index (χ0n) is 6.59. The van der Waals surface area contributed by atoms with Gasteiger partial charge in [0.05, 0.1) is 0 Å². The van der Waals surface area contributed by atoms with E-state index in [2.05, 4.69) is 9.47 Å². The van der Waals surface area contributed by atoms with Gasteiger partial charge in [-0.05, 0) is 0 Å². The summed E-state index contributed by atoms with van der Waals surface area (Å²) in [7, 11) is 0. The van der Waals surface area contributed by atoms with E-state index in [-0.39, 0.29) is 132 Å². The van der Waals surface area contributed by atoms with Gasteiger partial charge in [0.15, 0.2) is 0 Å². The average molecular weight is 704 g/mol. The summed E-state index contributed by atoms with van der Waals surface area (Å²) >= 11 is 0. The smallest absolute Gasteiger partial charge is 0.449 e. The van der Waals surface area contributed by atoms with E-state index >= 15 is 0 Å². The summed E-state index contributed by atoms with van der Waals surface area (Å²) in [4.78, 5) is 28.8. The van der Waals surface area contributed by atoms with E-state index in [1.54, 1.807) is 0 Å². The third-order valence-electron chi connectivity index (χ3n) is 0.341. The van der Waals surface area contributed by atoms with Crippen LogP contribution < -0.4 is 0 Å². The van der Waals surface area contributed by atoms with Gasteiger partial charge in [0.25, 0.3) is 0 Å². The van der Waals surface area contributed by atoms with Crippen LogP contribution in [0.4, 0.5) is 14.4 Å². The fourth-order valence-electron chi connectivity index (χ4n) is 0.163. The van der Waals surface area contributed by atoms with E-state index in [1.165, 1.54) is 0 Å². The first kappa shape index (κ1) is 30.0. The molecule has 0 rings (SSSR count). The predicted octanol–water partition coefficient (Wildman–Crippen LogP) is 0.491. The summed E-state index contributed by atoms with van der Waals surface area (Å²) in [5.74, 6) is 0. The maximum absolute atomic E-state index is 9.86. The van der Waals surface area contributed by atoms with Gasteiger partial charge in [-0.25, -0.2) is 14.4 Å². The molecular weight excluding hydrogens is 702 g/mol. The van der Waals surface area contributed by atoms with Crippen molar-refractivity contribution in [1.82, 2.24) is 0 Å². The summed E-state index contributed by atoms with van der Waals surface area (Å²) < 4.78 is 6.47. The van der Waals surface area contributed by atoms with Crippen LogP contribution in [0.5, 0.6) is 0 Å². The van der Waals surface area contributed by atoms with Gasteiger partial charge in [0.1, 0.15) is 0 Å². The largest absolute Gasteiger partial charge is 0.528 e. The van der Waals surface area contributed by atoms with Gasteiger partial charge in [-0.2, -0.15) is 0 Å². The minimum atomic E-state index is -1.92. The predicted molar refractivity (Wildman–Crippen MR) is 23.6 cm³/mol. The van der Waals surface area contributed by atoms with Crippen molar-refractivity contribution < 1.29 is 166 Å². The Balaban J connectivity index is -0.0000000675. The molecule has 0 bridgehead atoms. The van der Waals surface area contributed by atoms with Crippen LogP contribution in [0, 0.1) is 79.9 Å². The first-order valence-corrected chi connectivity index (χ1v) is 1.88. The topological polar surface area (TPSA) is 110 Å². The van der Waals surface area contributed by atoms with Crippen molar-refractivity contribution in [1.29, 1.82) is 0 Å². The van der Waals surface area contributed by atoms with Crippen LogP contribution in [-0.4, -0.2) is 28.7 Å². The fourth-order valence-corrected chi connectivity index (χ4v) is 0.163. The number of ether oxygens (including phenoxy) is 2. The normalized spacial score (nSPS) is 5.71. The molecular formula is C3H2O7Sc2Th2. The maximum atomic E-state index is 9.86. The molecule has 0 aromatic rings. The van der Waals surface area contributed by atoms with Gasteiger partial charge in [-0.15, -0.1) is 0 Å². The molecule has 2 N–H and O–H groups in total. The van der Waals surface area contributed by atoms with E-state index in [0.717, 1.165) is 0 Å². The van der Waals surface area contributed by atoms with Crippen LogP contribution in [0.1, 0.15) is 0 Å². The van der Waals surface area contributed by atoms with Gasteiger partial charge in [0.2, 0.25) is 0 Å². The van der Waals surface area contributed by atoms with Gasteiger partial charge in [-0.1, -0.05) is 0 Å². The zero-order chi connectivity index (χ0) is 8.15. The average Bonchev–Trinajstić information content (AvgIpc) is 1.58. The second-order valence-corrected chi connectivity index (χ2v) is 0.986. The van der Waals surface area contributed by atoms with Crippen molar-refractivity contribution in [3.63, 3.8) is 0 Å². The molecule has 0 atom stereocenters. The van der Waals surface area contributed by atoms with Gasteiger partial charge < -0.3 is 19.7 Å². The number of rotatable bonds is 0. The molecule has 7 nitrogen and oxygen atoms in total. The van der Waals surface area contributed by atoms with Crippen LogP contribution in [0.3, 0.4) is 0 Å². The van der Waals surface area contributed by atoms with Crippen molar-refractivity contribution in [2.24, 2.45) is 0 Å². The van der Waals surface area contributed by atoms with E-state index in [1.807, 2.05) is 0 Å². The van der Waals surface area contributed by atoms with Crippen molar-refractivity contribution in [3.05, 3.63) is 0 Å². The summed E-state index contributed by atoms with van der Waals surface area (Å²) in [5, 5.41) is 15.4. The number of hydrogen-bond donors (Lipinski definition) is 2. The van der Waals surface area contributed by atoms with Crippen LogP contribution in [0.2, 0.25) is 0 Å².